The summed E-state index contributed by atoms with van der Waals surface area (Å²) in [6, 6.07) is 10.00. The van der Waals surface area contributed by atoms with Gasteiger partial charge in [-0.25, -0.2) is 4.98 Å². The lowest BCUT2D eigenvalue weighted by Gasteiger charge is -2.31. The smallest absolute Gasteiger partial charge is 0.298 e. The van der Waals surface area contributed by atoms with E-state index in [-0.39, 0.29) is 11.8 Å². The van der Waals surface area contributed by atoms with Crippen molar-refractivity contribution in [3.63, 3.8) is 0 Å². The van der Waals surface area contributed by atoms with Crippen molar-refractivity contribution in [3.8, 4) is 11.8 Å². The van der Waals surface area contributed by atoms with Crippen molar-refractivity contribution >= 4 is 17.4 Å². The molecule has 0 aliphatic carbocycles. The maximum atomic E-state index is 12.1. The predicted molar refractivity (Wildman–Crippen MR) is 103 cm³/mol. The lowest BCUT2D eigenvalue weighted by Crippen LogP contribution is -2.38. The fraction of sp³-hybridized carbons (Fsp3) is 0.381. The summed E-state index contributed by atoms with van der Waals surface area (Å²) >= 11 is 0. The Morgan fingerprint density at radius 3 is 2.85 bits per heavy atom. The van der Waals surface area contributed by atoms with Crippen LogP contribution in [0.3, 0.4) is 0 Å². The zero-order chi connectivity index (χ0) is 18.5. The van der Waals surface area contributed by atoms with Gasteiger partial charge in [-0.2, -0.15) is 0 Å². The van der Waals surface area contributed by atoms with E-state index in [0.29, 0.717) is 6.54 Å². The minimum Gasteiger partial charge on any atom is -0.340 e. The summed E-state index contributed by atoms with van der Waals surface area (Å²) in [7, 11) is 0. The average molecular weight is 348 g/mol. The van der Waals surface area contributed by atoms with Crippen LogP contribution >= 0.6 is 0 Å². The van der Waals surface area contributed by atoms with Gasteiger partial charge in [-0.1, -0.05) is 12.0 Å². The predicted octanol–water partition coefficient (Wildman–Crippen LogP) is 3.57. The Kier molecular flexibility index (Phi) is 5.52. The van der Waals surface area contributed by atoms with Gasteiger partial charge in [-0.3, -0.25) is 9.78 Å². The number of anilines is 2. The summed E-state index contributed by atoms with van der Waals surface area (Å²) in [6.07, 6.45) is 2.00. The first-order chi connectivity index (χ1) is 12.5. The first kappa shape index (κ1) is 17.9. The zero-order valence-electron chi connectivity index (χ0n) is 15.5. The van der Waals surface area contributed by atoms with E-state index < -0.39 is 0 Å². The highest BCUT2D eigenvalue weighted by molar-refractivity contribution is 5.93. The number of carbonyl (C=O) groups is 1. The van der Waals surface area contributed by atoms with E-state index in [2.05, 4.69) is 28.2 Å². The summed E-state index contributed by atoms with van der Waals surface area (Å²) in [4.78, 5) is 23.1. The van der Waals surface area contributed by atoms with Gasteiger partial charge in [0.05, 0.1) is 0 Å². The maximum Gasteiger partial charge on any atom is 0.298 e. The van der Waals surface area contributed by atoms with E-state index in [0.717, 1.165) is 48.0 Å². The third-order valence-electron chi connectivity index (χ3n) is 4.49. The number of pyridine rings is 2. The van der Waals surface area contributed by atoms with Crippen molar-refractivity contribution in [3.05, 3.63) is 47.4 Å². The summed E-state index contributed by atoms with van der Waals surface area (Å²) in [6.45, 7) is 7.10. The molecule has 0 bridgehead atoms. The minimum atomic E-state index is -0.0906. The molecule has 1 fully saturated rings. The number of hydrogen-bond acceptors (Lipinski definition) is 4. The van der Waals surface area contributed by atoms with E-state index in [1.54, 1.807) is 6.92 Å². The van der Waals surface area contributed by atoms with E-state index in [4.69, 9.17) is 4.98 Å². The average Bonchev–Trinajstić information content (AvgIpc) is 2.61. The second-order valence-corrected chi connectivity index (χ2v) is 6.68. The Hall–Kier alpha value is -2.87. The molecule has 1 aliphatic rings. The number of rotatable bonds is 3. The molecule has 1 atom stereocenters. The van der Waals surface area contributed by atoms with Crippen molar-refractivity contribution in [2.45, 2.75) is 39.5 Å². The summed E-state index contributed by atoms with van der Waals surface area (Å²) in [5.41, 5.74) is 3.92. The second-order valence-electron chi connectivity index (χ2n) is 6.68. The van der Waals surface area contributed by atoms with Gasteiger partial charge in [0.25, 0.3) is 5.91 Å². The van der Waals surface area contributed by atoms with Crippen LogP contribution < -0.4 is 5.32 Å². The number of piperidine rings is 1. The van der Waals surface area contributed by atoms with Crippen LogP contribution in [-0.4, -0.2) is 33.9 Å². The molecule has 1 saturated heterocycles. The standard InChI is InChI=1S/C21H24N4O/c1-4-7-21(26)25-11-6-9-17(14-25)19-13-18(12-16(3)22-19)24-20-10-5-8-15(2)23-20/h5,8,10,12-13,17H,6,9,11,14H2,1-3H3,(H,22,23,24). The molecule has 0 saturated carbocycles. The fourth-order valence-electron chi connectivity index (χ4n) is 3.33. The molecule has 0 aromatic carbocycles. The number of nitrogens with zero attached hydrogens (tertiary/aromatic N) is 3. The van der Waals surface area contributed by atoms with Gasteiger partial charge in [-0.05, 0) is 63.8 Å². The normalized spacial score (nSPS) is 16.6. The van der Waals surface area contributed by atoms with Gasteiger partial charge in [0.1, 0.15) is 5.82 Å². The number of carbonyl (C=O) groups excluding carboxylic acids is 1. The van der Waals surface area contributed by atoms with Crippen molar-refractivity contribution in [1.29, 1.82) is 0 Å². The minimum absolute atomic E-state index is 0.0906. The van der Waals surface area contributed by atoms with Crippen LogP contribution in [-0.2, 0) is 4.79 Å². The third-order valence-corrected chi connectivity index (χ3v) is 4.49. The van der Waals surface area contributed by atoms with Gasteiger partial charge in [0.15, 0.2) is 0 Å². The molecule has 5 nitrogen and oxygen atoms in total. The molecular weight excluding hydrogens is 324 g/mol. The summed E-state index contributed by atoms with van der Waals surface area (Å²) in [5.74, 6) is 6.30. The maximum absolute atomic E-state index is 12.1. The number of likely N-dealkylation sites (tertiary alicyclic amines) is 1. The lowest BCUT2D eigenvalue weighted by molar-refractivity contribution is -0.126. The Morgan fingerprint density at radius 1 is 1.23 bits per heavy atom. The first-order valence-electron chi connectivity index (χ1n) is 8.96. The fourth-order valence-corrected chi connectivity index (χ4v) is 3.33. The molecule has 26 heavy (non-hydrogen) atoms. The summed E-state index contributed by atoms with van der Waals surface area (Å²) < 4.78 is 0. The Labute approximate surface area is 154 Å². The van der Waals surface area contributed by atoms with Crippen LogP contribution in [0.25, 0.3) is 0 Å². The van der Waals surface area contributed by atoms with Crippen molar-refractivity contribution in [2.75, 3.05) is 18.4 Å². The van der Waals surface area contributed by atoms with Crippen LogP contribution in [0.4, 0.5) is 11.5 Å². The molecule has 0 spiro atoms. The zero-order valence-corrected chi connectivity index (χ0v) is 15.5. The number of amides is 1. The van der Waals surface area contributed by atoms with E-state index in [9.17, 15) is 4.79 Å². The van der Waals surface area contributed by atoms with Crippen LogP contribution in [0, 0.1) is 25.7 Å². The number of hydrogen-bond donors (Lipinski definition) is 1. The van der Waals surface area contributed by atoms with Gasteiger partial charge in [-0.15, -0.1) is 0 Å². The monoisotopic (exact) mass is 348 g/mol. The largest absolute Gasteiger partial charge is 0.340 e. The molecule has 3 heterocycles. The molecule has 1 unspecified atom stereocenters. The van der Waals surface area contributed by atoms with Crippen molar-refractivity contribution < 1.29 is 4.79 Å². The first-order valence-corrected chi connectivity index (χ1v) is 8.96. The highest BCUT2D eigenvalue weighted by Crippen LogP contribution is 2.28. The topological polar surface area (TPSA) is 58.1 Å². The van der Waals surface area contributed by atoms with Gasteiger partial charge in [0, 0.05) is 41.8 Å². The van der Waals surface area contributed by atoms with Crippen molar-refractivity contribution in [2.24, 2.45) is 0 Å². The second kappa shape index (κ2) is 8.01. The Balaban J connectivity index is 1.80. The van der Waals surface area contributed by atoms with E-state index in [1.807, 2.05) is 43.0 Å². The van der Waals surface area contributed by atoms with E-state index in [1.165, 1.54) is 0 Å². The molecule has 1 amide bonds. The van der Waals surface area contributed by atoms with Gasteiger partial charge < -0.3 is 10.2 Å². The molecule has 134 valence electrons. The summed E-state index contributed by atoms with van der Waals surface area (Å²) in [5, 5.41) is 3.37. The Morgan fingerprint density at radius 2 is 2.08 bits per heavy atom. The molecule has 2 aromatic heterocycles. The number of aryl methyl sites for hydroxylation is 2. The molecule has 5 heteroatoms. The lowest BCUT2D eigenvalue weighted by atomic mass is 9.93. The molecular formula is C21H24N4O. The van der Waals surface area contributed by atoms with Crippen molar-refractivity contribution in [1.82, 2.24) is 14.9 Å². The number of nitrogens with one attached hydrogen (secondary N) is 1. The highest BCUT2D eigenvalue weighted by Gasteiger charge is 2.25. The number of aromatic nitrogens is 2. The highest BCUT2D eigenvalue weighted by atomic mass is 16.2. The molecule has 2 aromatic rings. The van der Waals surface area contributed by atoms with Crippen LogP contribution in [0.2, 0.25) is 0 Å². The van der Waals surface area contributed by atoms with E-state index >= 15 is 0 Å². The molecule has 3 rings (SSSR count). The quantitative estimate of drug-likeness (QED) is 0.862. The van der Waals surface area contributed by atoms with Crippen LogP contribution in [0.5, 0.6) is 0 Å². The molecule has 0 radical (unpaired) electrons. The molecule has 1 aliphatic heterocycles. The third kappa shape index (κ3) is 4.40. The molecule has 1 N–H and O–H groups in total. The van der Waals surface area contributed by atoms with Crippen LogP contribution in [0.15, 0.2) is 30.3 Å². The van der Waals surface area contributed by atoms with Gasteiger partial charge >= 0.3 is 0 Å². The van der Waals surface area contributed by atoms with Gasteiger partial charge in [0.2, 0.25) is 0 Å². The Bertz CT molecular complexity index is 866. The SMILES string of the molecule is CC#CC(=O)N1CCCC(c2cc(Nc3cccc(C)n3)cc(C)n2)C1. The van der Waals surface area contributed by atoms with Crippen LogP contribution in [0.1, 0.15) is 42.8 Å².